The van der Waals surface area contributed by atoms with Crippen LogP contribution in [0.3, 0.4) is 0 Å². The van der Waals surface area contributed by atoms with Gasteiger partial charge in [-0.1, -0.05) is 42.5 Å². The first kappa shape index (κ1) is 18.1. The second-order valence-electron chi connectivity index (χ2n) is 5.52. The molecule has 0 saturated heterocycles. The van der Waals surface area contributed by atoms with Crippen LogP contribution in [-0.2, 0) is 15.8 Å². The van der Waals surface area contributed by atoms with Crippen LogP contribution in [0.1, 0.15) is 29.2 Å². The van der Waals surface area contributed by atoms with Crippen LogP contribution in [0.5, 0.6) is 0 Å². The van der Waals surface area contributed by atoms with Gasteiger partial charge in [-0.05, 0) is 29.7 Å². The van der Waals surface area contributed by atoms with E-state index < -0.39 is 16.1 Å². The van der Waals surface area contributed by atoms with E-state index in [4.69, 9.17) is 5.26 Å². The number of rotatable bonds is 7. The third kappa shape index (κ3) is 4.42. The van der Waals surface area contributed by atoms with Crippen molar-refractivity contribution < 1.29 is 13.5 Å². The number of nitriles is 1. The molecule has 0 heterocycles. The van der Waals surface area contributed by atoms with Crippen molar-refractivity contribution >= 4 is 10.0 Å². The Balaban J connectivity index is 2.27. The highest BCUT2D eigenvalue weighted by molar-refractivity contribution is 7.88. The summed E-state index contributed by atoms with van der Waals surface area (Å²) in [7, 11) is -2.07. The molecule has 1 N–H and O–H groups in total. The van der Waals surface area contributed by atoms with Crippen LogP contribution in [0.25, 0.3) is 0 Å². The Bertz CT molecular complexity index is 814. The summed E-state index contributed by atoms with van der Waals surface area (Å²) in [5.41, 5.74) is 1.83. The van der Waals surface area contributed by atoms with Crippen molar-refractivity contribution in [1.82, 2.24) is 4.31 Å². The lowest BCUT2D eigenvalue weighted by Crippen LogP contribution is -2.33. The van der Waals surface area contributed by atoms with Crippen molar-refractivity contribution in [3.8, 4) is 6.07 Å². The van der Waals surface area contributed by atoms with Crippen LogP contribution in [0.4, 0.5) is 0 Å². The van der Waals surface area contributed by atoms with Crippen LogP contribution >= 0.6 is 0 Å². The average molecular weight is 344 g/mol. The number of sulfonamides is 1. The summed E-state index contributed by atoms with van der Waals surface area (Å²) in [5, 5.41) is 18.3. The molecular formula is C18H20N2O3S. The van der Waals surface area contributed by atoms with Gasteiger partial charge in [-0.2, -0.15) is 9.57 Å². The first-order valence-corrected chi connectivity index (χ1v) is 9.19. The Morgan fingerprint density at radius 2 is 1.88 bits per heavy atom. The smallest absolute Gasteiger partial charge is 0.218 e. The number of aliphatic hydroxyl groups is 1. The first-order chi connectivity index (χ1) is 11.5. The summed E-state index contributed by atoms with van der Waals surface area (Å²) in [5.74, 6) is -0.187. The molecule has 0 aliphatic carbocycles. The molecule has 0 saturated carbocycles. The van der Waals surface area contributed by atoms with Gasteiger partial charge in [-0.15, -0.1) is 0 Å². The minimum atomic E-state index is -3.60. The molecule has 1 atom stereocenters. The van der Waals surface area contributed by atoms with Crippen LogP contribution in [0.2, 0.25) is 0 Å². The van der Waals surface area contributed by atoms with Gasteiger partial charge in [0.1, 0.15) is 0 Å². The van der Waals surface area contributed by atoms with E-state index in [2.05, 4.69) is 0 Å². The highest BCUT2D eigenvalue weighted by Gasteiger charge is 2.27. The third-order valence-corrected chi connectivity index (χ3v) is 5.70. The van der Waals surface area contributed by atoms with E-state index in [0.717, 1.165) is 5.56 Å². The fraction of sp³-hybridized carbons (Fsp3) is 0.278. The summed E-state index contributed by atoms with van der Waals surface area (Å²) in [6.45, 7) is -0.108. The Kier molecular flexibility index (Phi) is 6.10. The zero-order chi connectivity index (χ0) is 17.6. The number of aliphatic hydroxyl groups excluding tert-OH is 1. The predicted octanol–water partition coefficient (Wildman–Crippen LogP) is 2.44. The molecule has 0 aromatic heterocycles. The molecule has 0 unspecified atom stereocenters. The lowest BCUT2D eigenvalue weighted by atomic mass is 10.0. The standard InChI is InChI=1S/C18H20N2O3S/c1-20(18(10-11-21)17-8-3-2-4-9-17)24(22,23)14-16-7-5-6-15(12-16)13-19/h2-9,12,18,21H,10-11,14H2,1H3/t18-/m1/s1. The maximum Gasteiger partial charge on any atom is 0.218 e. The zero-order valence-corrected chi connectivity index (χ0v) is 14.3. The van der Waals surface area contributed by atoms with Crippen molar-refractivity contribution in [3.05, 3.63) is 71.3 Å². The zero-order valence-electron chi connectivity index (χ0n) is 13.5. The van der Waals surface area contributed by atoms with Gasteiger partial charge in [-0.3, -0.25) is 0 Å². The molecule has 0 aliphatic rings. The molecule has 0 aliphatic heterocycles. The normalized spacial score (nSPS) is 12.8. The highest BCUT2D eigenvalue weighted by atomic mass is 32.2. The Hall–Kier alpha value is -2.20. The largest absolute Gasteiger partial charge is 0.396 e. The Labute approximate surface area is 142 Å². The van der Waals surface area contributed by atoms with Gasteiger partial charge in [0, 0.05) is 13.7 Å². The molecule has 0 amide bonds. The van der Waals surface area contributed by atoms with Crippen molar-refractivity contribution in [2.24, 2.45) is 0 Å². The molecule has 2 aromatic rings. The first-order valence-electron chi connectivity index (χ1n) is 7.58. The maximum absolute atomic E-state index is 12.8. The topological polar surface area (TPSA) is 81.4 Å². The van der Waals surface area contributed by atoms with E-state index in [1.807, 2.05) is 36.4 Å². The van der Waals surface area contributed by atoms with E-state index in [0.29, 0.717) is 17.5 Å². The fourth-order valence-electron chi connectivity index (χ4n) is 2.59. The lowest BCUT2D eigenvalue weighted by molar-refractivity contribution is 0.240. The van der Waals surface area contributed by atoms with E-state index in [-0.39, 0.29) is 12.4 Å². The molecule has 0 spiro atoms. The minimum absolute atomic E-state index is 0.108. The molecule has 2 aromatic carbocycles. The molecular weight excluding hydrogens is 324 g/mol. The summed E-state index contributed by atoms with van der Waals surface area (Å²) >= 11 is 0. The van der Waals surface area contributed by atoms with Gasteiger partial charge in [0.2, 0.25) is 10.0 Å². The SMILES string of the molecule is CN([C@H](CCO)c1ccccc1)S(=O)(=O)Cc1cccc(C#N)c1. The fourth-order valence-corrected chi connectivity index (χ4v) is 4.01. The lowest BCUT2D eigenvalue weighted by Gasteiger charge is -2.27. The van der Waals surface area contributed by atoms with Gasteiger partial charge in [0.05, 0.1) is 23.4 Å². The molecule has 6 heteroatoms. The summed E-state index contributed by atoms with van der Waals surface area (Å²) in [6.07, 6.45) is 0.317. The van der Waals surface area contributed by atoms with Gasteiger partial charge in [0.15, 0.2) is 0 Å². The van der Waals surface area contributed by atoms with E-state index in [9.17, 15) is 13.5 Å². The Morgan fingerprint density at radius 3 is 2.50 bits per heavy atom. The molecule has 0 radical (unpaired) electrons. The summed E-state index contributed by atoms with van der Waals surface area (Å²) in [6, 6.07) is 17.4. The van der Waals surface area contributed by atoms with Crippen molar-refractivity contribution in [2.45, 2.75) is 18.2 Å². The third-order valence-electron chi connectivity index (χ3n) is 3.87. The molecule has 24 heavy (non-hydrogen) atoms. The van der Waals surface area contributed by atoms with Crippen LogP contribution in [-0.4, -0.2) is 31.5 Å². The van der Waals surface area contributed by atoms with Crippen molar-refractivity contribution in [3.63, 3.8) is 0 Å². The minimum Gasteiger partial charge on any atom is -0.396 e. The number of hydrogen-bond acceptors (Lipinski definition) is 4. The van der Waals surface area contributed by atoms with Gasteiger partial charge >= 0.3 is 0 Å². The number of benzene rings is 2. The molecule has 2 rings (SSSR count). The highest BCUT2D eigenvalue weighted by Crippen LogP contribution is 2.26. The quantitative estimate of drug-likeness (QED) is 0.836. The van der Waals surface area contributed by atoms with Crippen LogP contribution in [0.15, 0.2) is 54.6 Å². The van der Waals surface area contributed by atoms with Crippen LogP contribution in [0, 0.1) is 11.3 Å². The van der Waals surface area contributed by atoms with Gasteiger partial charge in [0.25, 0.3) is 0 Å². The van der Waals surface area contributed by atoms with E-state index in [1.54, 1.807) is 24.3 Å². The average Bonchev–Trinajstić information content (AvgIpc) is 2.59. The number of hydrogen-bond donors (Lipinski definition) is 1. The molecule has 126 valence electrons. The molecule has 0 bridgehead atoms. The van der Waals surface area contributed by atoms with Crippen molar-refractivity contribution in [1.29, 1.82) is 5.26 Å². The second kappa shape index (κ2) is 8.06. The van der Waals surface area contributed by atoms with E-state index >= 15 is 0 Å². The summed E-state index contributed by atoms with van der Waals surface area (Å²) in [4.78, 5) is 0. The van der Waals surface area contributed by atoms with E-state index in [1.165, 1.54) is 11.4 Å². The summed E-state index contributed by atoms with van der Waals surface area (Å²) < 4.78 is 26.8. The van der Waals surface area contributed by atoms with Gasteiger partial charge in [-0.25, -0.2) is 8.42 Å². The number of nitrogens with zero attached hydrogens (tertiary/aromatic N) is 2. The molecule has 0 fully saturated rings. The van der Waals surface area contributed by atoms with Gasteiger partial charge < -0.3 is 5.11 Å². The monoisotopic (exact) mass is 344 g/mol. The molecule has 5 nitrogen and oxygen atoms in total. The predicted molar refractivity (Wildman–Crippen MR) is 92.4 cm³/mol. The Morgan fingerprint density at radius 1 is 1.17 bits per heavy atom. The van der Waals surface area contributed by atoms with Crippen LogP contribution < -0.4 is 0 Å². The second-order valence-corrected chi connectivity index (χ2v) is 7.55. The maximum atomic E-state index is 12.8. The van der Waals surface area contributed by atoms with Crippen molar-refractivity contribution in [2.75, 3.05) is 13.7 Å².